The van der Waals surface area contributed by atoms with Gasteiger partial charge in [-0.1, -0.05) is 0 Å². The second-order valence-corrected chi connectivity index (χ2v) is 5.22. The molecule has 1 rings (SSSR count). The van der Waals surface area contributed by atoms with Gasteiger partial charge in [-0.15, -0.1) is 0 Å². The van der Waals surface area contributed by atoms with Crippen molar-refractivity contribution < 1.29 is 19.4 Å². The number of nitrogens with one attached hydrogen (secondary N) is 1. The number of nitrogens with zero attached hydrogens (tertiary/aromatic N) is 1. The standard InChI is InChI=1S/C13H18N2O4/c1-7-6-14-10(8(2)9(7)11(16)17)15-12(18)19-13(3,4)5/h6H,1-5H3,(H,16,17)(H,14,15,18). The van der Waals surface area contributed by atoms with Crippen molar-refractivity contribution in [2.45, 2.75) is 40.2 Å². The minimum absolute atomic E-state index is 0.140. The molecule has 0 spiro atoms. The lowest BCUT2D eigenvalue weighted by atomic mass is 10.1. The Morgan fingerprint density at radius 3 is 2.37 bits per heavy atom. The van der Waals surface area contributed by atoms with Crippen LogP contribution in [0.4, 0.5) is 10.6 Å². The molecule has 0 aromatic carbocycles. The van der Waals surface area contributed by atoms with Gasteiger partial charge in [0, 0.05) is 11.8 Å². The Kier molecular flexibility index (Phi) is 4.14. The molecule has 0 radical (unpaired) electrons. The summed E-state index contributed by atoms with van der Waals surface area (Å²) < 4.78 is 5.09. The number of rotatable bonds is 2. The summed E-state index contributed by atoms with van der Waals surface area (Å²) in [6, 6.07) is 0. The fourth-order valence-electron chi connectivity index (χ4n) is 1.59. The van der Waals surface area contributed by atoms with E-state index in [1.165, 1.54) is 6.20 Å². The second-order valence-electron chi connectivity index (χ2n) is 5.22. The van der Waals surface area contributed by atoms with E-state index in [4.69, 9.17) is 9.84 Å². The third kappa shape index (κ3) is 3.94. The minimum Gasteiger partial charge on any atom is -0.478 e. The van der Waals surface area contributed by atoms with E-state index < -0.39 is 17.7 Å². The molecule has 1 aromatic heterocycles. The number of hydrogen-bond donors (Lipinski definition) is 2. The molecule has 0 atom stereocenters. The lowest BCUT2D eigenvalue weighted by Crippen LogP contribution is -2.28. The summed E-state index contributed by atoms with van der Waals surface area (Å²) in [5, 5.41) is 11.6. The number of aromatic nitrogens is 1. The van der Waals surface area contributed by atoms with Gasteiger partial charge in [-0.3, -0.25) is 5.32 Å². The zero-order valence-corrected chi connectivity index (χ0v) is 11.7. The lowest BCUT2D eigenvalue weighted by Gasteiger charge is -2.20. The van der Waals surface area contributed by atoms with Crippen molar-refractivity contribution in [1.82, 2.24) is 4.98 Å². The molecule has 1 amide bonds. The number of aromatic carboxylic acids is 1. The van der Waals surface area contributed by atoms with Crippen LogP contribution in [0.2, 0.25) is 0 Å². The number of aryl methyl sites for hydroxylation is 1. The van der Waals surface area contributed by atoms with Crippen molar-refractivity contribution in [2.24, 2.45) is 0 Å². The van der Waals surface area contributed by atoms with Crippen molar-refractivity contribution in [3.05, 3.63) is 22.9 Å². The van der Waals surface area contributed by atoms with E-state index in [9.17, 15) is 9.59 Å². The summed E-state index contributed by atoms with van der Waals surface area (Å²) in [5.41, 5.74) is 0.456. The van der Waals surface area contributed by atoms with Crippen LogP contribution in [0, 0.1) is 13.8 Å². The van der Waals surface area contributed by atoms with Gasteiger partial charge in [-0.2, -0.15) is 0 Å². The summed E-state index contributed by atoms with van der Waals surface area (Å²) in [6.07, 6.45) is 0.742. The van der Waals surface area contributed by atoms with Gasteiger partial charge in [0.2, 0.25) is 0 Å². The lowest BCUT2D eigenvalue weighted by molar-refractivity contribution is 0.0631. The Morgan fingerprint density at radius 2 is 1.89 bits per heavy atom. The van der Waals surface area contributed by atoms with Crippen molar-refractivity contribution in [1.29, 1.82) is 0 Å². The number of pyridine rings is 1. The molecule has 0 bridgehead atoms. The van der Waals surface area contributed by atoms with Gasteiger partial charge in [0.05, 0.1) is 5.56 Å². The minimum atomic E-state index is -1.05. The molecule has 1 aromatic rings. The molecule has 0 aliphatic carbocycles. The first-order chi connectivity index (χ1) is 8.61. The van der Waals surface area contributed by atoms with Gasteiger partial charge >= 0.3 is 12.1 Å². The predicted octanol–water partition coefficient (Wildman–Crippen LogP) is 2.74. The summed E-state index contributed by atoms with van der Waals surface area (Å²) in [7, 11) is 0. The average Bonchev–Trinajstić information content (AvgIpc) is 2.19. The summed E-state index contributed by atoms with van der Waals surface area (Å²) in [6.45, 7) is 8.47. The van der Waals surface area contributed by atoms with E-state index in [1.54, 1.807) is 34.6 Å². The van der Waals surface area contributed by atoms with Crippen molar-refractivity contribution in [3.63, 3.8) is 0 Å². The second kappa shape index (κ2) is 5.26. The van der Waals surface area contributed by atoms with Crippen molar-refractivity contribution >= 4 is 17.9 Å². The number of ether oxygens (including phenoxy) is 1. The summed E-state index contributed by atoms with van der Waals surface area (Å²) >= 11 is 0. The number of carboxylic acid groups (broad SMARTS) is 1. The van der Waals surface area contributed by atoms with Crippen molar-refractivity contribution in [3.8, 4) is 0 Å². The molecule has 0 unspecified atom stereocenters. The van der Waals surface area contributed by atoms with Crippen LogP contribution in [0.5, 0.6) is 0 Å². The zero-order valence-electron chi connectivity index (χ0n) is 11.7. The molecule has 6 heteroatoms. The molecule has 0 saturated heterocycles. The highest BCUT2D eigenvalue weighted by Crippen LogP contribution is 2.20. The molecule has 104 valence electrons. The number of carbonyl (C=O) groups is 2. The van der Waals surface area contributed by atoms with Crippen LogP contribution < -0.4 is 5.32 Å². The predicted molar refractivity (Wildman–Crippen MR) is 70.5 cm³/mol. The van der Waals surface area contributed by atoms with Crippen LogP contribution in [-0.4, -0.2) is 27.8 Å². The number of hydrogen-bond acceptors (Lipinski definition) is 4. The first kappa shape index (κ1) is 14.9. The molecule has 0 aliphatic rings. The largest absolute Gasteiger partial charge is 0.478 e. The number of amides is 1. The molecule has 1 heterocycles. The molecule has 0 aliphatic heterocycles. The molecule has 6 nitrogen and oxygen atoms in total. The first-order valence-corrected chi connectivity index (χ1v) is 5.81. The Morgan fingerprint density at radius 1 is 1.32 bits per heavy atom. The van der Waals surface area contributed by atoms with E-state index in [2.05, 4.69) is 10.3 Å². The van der Waals surface area contributed by atoms with Gasteiger partial charge in [0.25, 0.3) is 0 Å². The Hall–Kier alpha value is -2.11. The molecule has 2 N–H and O–H groups in total. The summed E-state index contributed by atoms with van der Waals surface area (Å²) in [5.74, 6) is -0.859. The van der Waals surface area contributed by atoms with Gasteiger partial charge in [0.1, 0.15) is 11.4 Å². The SMILES string of the molecule is Cc1cnc(NC(=O)OC(C)(C)C)c(C)c1C(=O)O. The fourth-order valence-corrected chi connectivity index (χ4v) is 1.59. The van der Waals surface area contributed by atoms with Crippen LogP contribution in [0.3, 0.4) is 0 Å². The van der Waals surface area contributed by atoms with Crippen LogP contribution in [0.1, 0.15) is 42.3 Å². The van der Waals surface area contributed by atoms with Crippen LogP contribution in [-0.2, 0) is 4.74 Å². The highest BCUT2D eigenvalue weighted by molar-refractivity contribution is 5.94. The quantitative estimate of drug-likeness (QED) is 0.859. The van der Waals surface area contributed by atoms with E-state index in [0.717, 1.165) is 0 Å². The topological polar surface area (TPSA) is 88.5 Å². The molecular weight excluding hydrogens is 248 g/mol. The van der Waals surface area contributed by atoms with Gasteiger partial charge in [0.15, 0.2) is 0 Å². The van der Waals surface area contributed by atoms with E-state index in [-0.39, 0.29) is 11.4 Å². The maximum Gasteiger partial charge on any atom is 0.413 e. The average molecular weight is 266 g/mol. The fraction of sp³-hybridized carbons (Fsp3) is 0.462. The maximum absolute atomic E-state index is 11.6. The van der Waals surface area contributed by atoms with Crippen LogP contribution in [0.15, 0.2) is 6.20 Å². The van der Waals surface area contributed by atoms with Gasteiger partial charge in [-0.05, 0) is 40.2 Å². The van der Waals surface area contributed by atoms with Crippen molar-refractivity contribution in [2.75, 3.05) is 5.32 Å². The third-order valence-electron chi connectivity index (χ3n) is 2.35. The third-order valence-corrected chi connectivity index (χ3v) is 2.35. The highest BCUT2D eigenvalue weighted by Gasteiger charge is 2.20. The van der Waals surface area contributed by atoms with Gasteiger partial charge in [-0.25, -0.2) is 14.6 Å². The maximum atomic E-state index is 11.6. The van der Waals surface area contributed by atoms with Gasteiger partial charge < -0.3 is 9.84 Å². The number of carbonyl (C=O) groups excluding carboxylic acids is 1. The Labute approximate surface area is 111 Å². The summed E-state index contributed by atoms with van der Waals surface area (Å²) in [4.78, 5) is 26.8. The smallest absolute Gasteiger partial charge is 0.413 e. The monoisotopic (exact) mass is 266 g/mol. The Bertz CT molecular complexity index is 518. The molecule has 0 saturated carbocycles. The first-order valence-electron chi connectivity index (χ1n) is 5.81. The molecule has 19 heavy (non-hydrogen) atoms. The zero-order chi connectivity index (χ0) is 14.8. The van der Waals surface area contributed by atoms with Crippen LogP contribution >= 0.6 is 0 Å². The van der Waals surface area contributed by atoms with E-state index >= 15 is 0 Å². The highest BCUT2D eigenvalue weighted by atomic mass is 16.6. The number of carboxylic acids is 1. The molecular formula is C13H18N2O4. The Balaban J connectivity index is 3.01. The van der Waals surface area contributed by atoms with E-state index in [1.807, 2.05) is 0 Å². The normalized spacial score (nSPS) is 11.0. The van der Waals surface area contributed by atoms with E-state index in [0.29, 0.717) is 11.1 Å². The number of anilines is 1. The molecule has 0 fully saturated rings. The van der Waals surface area contributed by atoms with Crippen LogP contribution in [0.25, 0.3) is 0 Å².